The molecule has 2 aromatic heterocycles. The molecule has 0 saturated heterocycles. The lowest BCUT2D eigenvalue weighted by atomic mass is 10.2. The lowest BCUT2D eigenvalue weighted by molar-refractivity contribution is 0.619. The summed E-state index contributed by atoms with van der Waals surface area (Å²) in [6, 6.07) is 8.44. The van der Waals surface area contributed by atoms with Gasteiger partial charge in [0.25, 0.3) is 0 Å². The van der Waals surface area contributed by atoms with Crippen molar-refractivity contribution in [3.63, 3.8) is 0 Å². The average Bonchev–Trinajstić information content (AvgIpc) is 2.77. The molecule has 0 radical (unpaired) electrons. The Morgan fingerprint density at radius 1 is 1.20 bits per heavy atom. The first-order valence-corrected chi connectivity index (χ1v) is 6.45. The third-order valence-corrected chi connectivity index (χ3v) is 3.18. The Balaban J connectivity index is 2.28. The molecule has 0 fully saturated rings. The highest BCUT2D eigenvalue weighted by atomic mass is 19.1. The van der Waals surface area contributed by atoms with Crippen molar-refractivity contribution in [1.82, 2.24) is 14.5 Å². The van der Waals surface area contributed by atoms with E-state index in [0.717, 1.165) is 17.0 Å². The molecule has 0 unspecified atom stereocenters. The number of nitrogen functional groups attached to an aromatic ring is 1. The highest BCUT2D eigenvalue weighted by Crippen LogP contribution is 2.27. The number of hydrogen-bond acceptors (Lipinski definition) is 3. The third-order valence-electron chi connectivity index (χ3n) is 3.18. The zero-order valence-electron chi connectivity index (χ0n) is 11.3. The largest absolute Gasteiger partial charge is 0.397 e. The van der Waals surface area contributed by atoms with Crippen LogP contribution in [0.5, 0.6) is 0 Å². The van der Waals surface area contributed by atoms with Crippen LogP contribution in [0.3, 0.4) is 0 Å². The second-order valence-electron chi connectivity index (χ2n) is 5.01. The van der Waals surface area contributed by atoms with Crippen molar-refractivity contribution in [3.8, 4) is 11.5 Å². The molecule has 20 heavy (non-hydrogen) atoms. The summed E-state index contributed by atoms with van der Waals surface area (Å²) in [6.45, 7) is 4.12. The Labute approximate surface area is 116 Å². The molecule has 2 N–H and O–H groups in total. The van der Waals surface area contributed by atoms with Crippen LogP contribution >= 0.6 is 0 Å². The van der Waals surface area contributed by atoms with Gasteiger partial charge >= 0.3 is 0 Å². The lowest BCUT2D eigenvalue weighted by Crippen LogP contribution is -2.04. The minimum absolute atomic E-state index is 0.194. The molecule has 3 aromatic rings. The highest BCUT2D eigenvalue weighted by molar-refractivity contribution is 5.80. The number of rotatable bonds is 2. The van der Waals surface area contributed by atoms with E-state index in [2.05, 4.69) is 23.8 Å². The lowest BCUT2D eigenvalue weighted by Gasteiger charge is -2.12. The van der Waals surface area contributed by atoms with Gasteiger partial charge < -0.3 is 10.3 Å². The van der Waals surface area contributed by atoms with Gasteiger partial charge in [-0.15, -0.1) is 0 Å². The van der Waals surface area contributed by atoms with Gasteiger partial charge in [0.05, 0.1) is 22.9 Å². The van der Waals surface area contributed by atoms with Gasteiger partial charge in [-0.25, -0.2) is 9.37 Å². The molecule has 1 aromatic carbocycles. The Bertz CT molecular complexity index is 759. The fourth-order valence-corrected chi connectivity index (χ4v) is 2.31. The van der Waals surface area contributed by atoms with Gasteiger partial charge in [0, 0.05) is 12.1 Å². The molecule has 0 aliphatic rings. The van der Waals surface area contributed by atoms with E-state index in [4.69, 9.17) is 5.73 Å². The minimum Gasteiger partial charge on any atom is -0.397 e. The van der Waals surface area contributed by atoms with Gasteiger partial charge in [-0.3, -0.25) is 4.98 Å². The van der Waals surface area contributed by atoms with Crippen LogP contribution < -0.4 is 5.73 Å². The van der Waals surface area contributed by atoms with Gasteiger partial charge in [0.1, 0.15) is 11.5 Å². The SMILES string of the molecule is CC(C)n1c(-c2ccc(N)cn2)nc2cc(F)ccc21. The first-order valence-electron chi connectivity index (χ1n) is 6.45. The van der Waals surface area contributed by atoms with E-state index in [0.29, 0.717) is 11.2 Å². The quantitative estimate of drug-likeness (QED) is 0.776. The monoisotopic (exact) mass is 270 g/mol. The first kappa shape index (κ1) is 12.6. The summed E-state index contributed by atoms with van der Waals surface area (Å²) in [4.78, 5) is 8.82. The molecule has 0 atom stereocenters. The fourth-order valence-electron chi connectivity index (χ4n) is 2.31. The van der Waals surface area contributed by atoms with Crippen molar-refractivity contribution in [1.29, 1.82) is 0 Å². The van der Waals surface area contributed by atoms with Crippen LogP contribution in [0.2, 0.25) is 0 Å². The van der Waals surface area contributed by atoms with Gasteiger partial charge in [-0.1, -0.05) is 0 Å². The number of benzene rings is 1. The molecule has 0 amide bonds. The van der Waals surface area contributed by atoms with Gasteiger partial charge in [-0.05, 0) is 38.1 Å². The number of halogens is 1. The zero-order valence-corrected chi connectivity index (χ0v) is 11.3. The summed E-state index contributed by atoms with van der Waals surface area (Å²) in [5.41, 5.74) is 8.52. The second-order valence-corrected chi connectivity index (χ2v) is 5.01. The van der Waals surface area contributed by atoms with Crippen LogP contribution in [0.25, 0.3) is 22.6 Å². The standard InChI is InChI=1S/C15H15FN4/c1-9(2)20-14-6-3-10(16)7-13(14)19-15(20)12-5-4-11(17)8-18-12/h3-9H,17H2,1-2H3. The fraction of sp³-hybridized carbons (Fsp3) is 0.200. The Morgan fingerprint density at radius 3 is 2.65 bits per heavy atom. The topological polar surface area (TPSA) is 56.7 Å². The molecule has 4 nitrogen and oxygen atoms in total. The van der Waals surface area contributed by atoms with E-state index in [1.54, 1.807) is 18.3 Å². The van der Waals surface area contributed by atoms with Crippen molar-refractivity contribution in [3.05, 3.63) is 42.3 Å². The van der Waals surface area contributed by atoms with E-state index in [1.807, 2.05) is 10.6 Å². The number of anilines is 1. The Morgan fingerprint density at radius 2 is 2.00 bits per heavy atom. The summed E-state index contributed by atoms with van der Waals surface area (Å²) < 4.78 is 15.4. The summed E-state index contributed by atoms with van der Waals surface area (Å²) in [6.07, 6.45) is 1.60. The van der Waals surface area contributed by atoms with Crippen molar-refractivity contribution >= 4 is 16.7 Å². The summed E-state index contributed by atoms with van der Waals surface area (Å²) in [7, 11) is 0. The number of fused-ring (bicyclic) bond motifs is 1. The van der Waals surface area contributed by atoms with Crippen LogP contribution in [-0.4, -0.2) is 14.5 Å². The number of pyridine rings is 1. The smallest absolute Gasteiger partial charge is 0.160 e. The van der Waals surface area contributed by atoms with Crippen molar-refractivity contribution in [2.75, 3.05) is 5.73 Å². The summed E-state index contributed by atoms with van der Waals surface area (Å²) in [5.74, 6) is 0.434. The van der Waals surface area contributed by atoms with E-state index in [-0.39, 0.29) is 11.9 Å². The maximum absolute atomic E-state index is 13.4. The maximum Gasteiger partial charge on any atom is 0.160 e. The molecule has 0 bridgehead atoms. The van der Waals surface area contributed by atoms with Gasteiger partial charge in [-0.2, -0.15) is 0 Å². The Kier molecular flexibility index (Phi) is 2.89. The van der Waals surface area contributed by atoms with E-state index >= 15 is 0 Å². The molecule has 0 aliphatic carbocycles. The molecule has 5 heteroatoms. The zero-order chi connectivity index (χ0) is 14.3. The average molecular weight is 270 g/mol. The van der Waals surface area contributed by atoms with Crippen LogP contribution in [-0.2, 0) is 0 Å². The normalized spacial score (nSPS) is 11.4. The van der Waals surface area contributed by atoms with Crippen LogP contribution in [0.1, 0.15) is 19.9 Å². The minimum atomic E-state index is -0.289. The third kappa shape index (κ3) is 2.01. The van der Waals surface area contributed by atoms with Crippen LogP contribution in [0, 0.1) is 5.82 Å². The van der Waals surface area contributed by atoms with E-state index < -0.39 is 0 Å². The molecule has 3 rings (SSSR count). The summed E-state index contributed by atoms with van der Waals surface area (Å²) >= 11 is 0. The number of imidazole rings is 1. The molecule has 102 valence electrons. The van der Waals surface area contributed by atoms with Crippen LogP contribution in [0.4, 0.5) is 10.1 Å². The summed E-state index contributed by atoms with van der Waals surface area (Å²) in [5, 5.41) is 0. The predicted octanol–water partition coefficient (Wildman–Crippen LogP) is 3.40. The van der Waals surface area contributed by atoms with Crippen molar-refractivity contribution in [2.24, 2.45) is 0 Å². The molecule has 0 saturated carbocycles. The number of nitrogens with zero attached hydrogens (tertiary/aromatic N) is 3. The van der Waals surface area contributed by atoms with Crippen molar-refractivity contribution in [2.45, 2.75) is 19.9 Å². The molecule has 0 spiro atoms. The maximum atomic E-state index is 13.4. The number of aromatic nitrogens is 3. The van der Waals surface area contributed by atoms with Gasteiger partial charge in [0.15, 0.2) is 5.82 Å². The Hall–Kier alpha value is -2.43. The highest BCUT2D eigenvalue weighted by Gasteiger charge is 2.16. The first-order chi connectivity index (χ1) is 9.56. The van der Waals surface area contributed by atoms with Gasteiger partial charge in [0.2, 0.25) is 0 Å². The molecular formula is C15H15FN4. The van der Waals surface area contributed by atoms with Crippen molar-refractivity contribution < 1.29 is 4.39 Å². The number of nitrogens with two attached hydrogens (primary N) is 1. The van der Waals surface area contributed by atoms with E-state index in [9.17, 15) is 4.39 Å². The molecular weight excluding hydrogens is 255 g/mol. The number of hydrogen-bond donors (Lipinski definition) is 1. The molecule has 0 aliphatic heterocycles. The molecule has 2 heterocycles. The second kappa shape index (κ2) is 4.59. The van der Waals surface area contributed by atoms with Crippen LogP contribution in [0.15, 0.2) is 36.5 Å². The predicted molar refractivity (Wildman–Crippen MR) is 77.7 cm³/mol. The van der Waals surface area contributed by atoms with E-state index in [1.165, 1.54) is 12.1 Å².